The van der Waals surface area contributed by atoms with Crippen molar-refractivity contribution in [1.29, 1.82) is 0 Å². The van der Waals surface area contributed by atoms with E-state index in [0.29, 0.717) is 17.5 Å². The highest BCUT2D eigenvalue weighted by Gasteiger charge is 2.35. The molecule has 0 saturated carbocycles. The number of para-hydroxylation sites is 4. The minimum atomic E-state index is -0.141. The maximum Gasteiger partial charge on any atom is 0.164 e. The SMILES string of the molecule is CC1(C)c2ccccc2-c2ccc(-c3nc(-c4ccccc4)nc(-c4ccc(-n5c6ccccc6c6cccc(-c7ccc(N(c8ccccc8)c8ccccc8)cc7)c65)cc4)n3)cc21. The van der Waals surface area contributed by atoms with Gasteiger partial charge in [0.2, 0.25) is 0 Å². The van der Waals surface area contributed by atoms with E-state index >= 15 is 0 Å². The summed E-state index contributed by atoms with van der Waals surface area (Å²) in [6.45, 7) is 4.61. The summed E-state index contributed by atoms with van der Waals surface area (Å²) in [5, 5.41) is 2.41. The molecule has 0 saturated heterocycles. The first-order chi connectivity index (χ1) is 32.0. The Hall–Kier alpha value is -8.41. The molecule has 11 aromatic rings. The van der Waals surface area contributed by atoms with E-state index in [0.717, 1.165) is 61.6 Å². The zero-order chi connectivity index (χ0) is 43.5. The third kappa shape index (κ3) is 6.51. The van der Waals surface area contributed by atoms with Crippen LogP contribution in [0.1, 0.15) is 25.0 Å². The monoisotopic (exact) mass is 833 g/mol. The van der Waals surface area contributed by atoms with Crippen molar-refractivity contribution in [1.82, 2.24) is 19.5 Å². The van der Waals surface area contributed by atoms with Crippen LogP contribution in [0.4, 0.5) is 17.1 Å². The van der Waals surface area contributed by atoms with Gasteiger partial charge >= 0.3 is 0 Å². The smallest absolute Gasteiger partial charge is 0.164 e. The van der Waals surface area contributed by atoms with E-state index in [1.165, 1.54) is 33.0 Å². The fourth-order valence-corrected chi connectivity index (χ4v) is 9.86. The van der Waals surface area contributed by atoms with Crippen LogP contribution in [0.2, 0.25) is 0 Å². The standard InChI is InChI=1S/C60H43N5/c1-60(2)53-27-14-12-23-49(53)50-38-33-43(39-54(50)60)59-62-57(41-17-6-3-7-18-41)61-58(63-59)42-31-36-47(37-32-42)65-55-28-15-13-24-51(55)52-26-16-25-48(56(52)65)40-29-34-46(35-30-40)64(44-19-8-4-9-20-44)45-21-10-5-11-22-45/h3-39H,1-2H3. The number of anilines is 3. The molecule has 5 nitrogen and oxygen atoms in total. The number of aromatic nitrogens is 4. The number of fused-ring (bicyclic) bond motifs is 6. The molecule has 0 fully saturated rings. The topological polar surface area (TPSA) is 46.8 Å². The van der Waals surface area contributed by atoms with Gasteiger partial charge in [0, 0.05) is 61.2 Å². The maximum atomic E-state index is 5.19. The van der Waals surface area contributed by atoms with E-state index in [9.17, 15) is 0 Å². The van der Waals surface area contributed by atoms with Crippen LogP contribution in [0.3, 0.4) is 0 Å². The molecule has 9 aromatic carbocycles. The van der Waals surface area contributed by atoms with Crippen molar-refractivity contribution < 1.29 is 0 Å². The molecule has 65 heavy (non-hydrogen) atoms. The van der Waals surface area contributed by atoms with Crippen LogP contribution in [-0.4, -0.2) is 19.5 Å². The quantitative estimate of drug-likeness (QED) is 0.153. The van der Waals surface area contributed by atoms with Gasteiger partial charge in [0.25, 0.3) is 0 Å². The number of hydrogen-bond acceptors (Lipinski definition) is 4. The Morgan fingerprint density at radius 1 is 0.369 bits per heavy atom. The summed E-state index contributed by atoms with van der Waals surface area (Å²) in [7, 11) is 0. The Balaban J connectivity index is 0.953. The molecule has 0 unspecified atom stereocenters. The van der Waals surface area contributed by atoms with E-state index in [-0.39, 0.29) is 5.41 Å². The first kappa shape index (κ1) is 38.3. The molecular weight excluding hydrogens is 791 g/mol. The second-order valence-electron chi connectivity index (χ2n) is 17.3. The average Bonchev–Trinajstić information content (AvgIpc) is 3.83. The minimum Gasteiger partial charge on any atom is -0.311 e. The number of hydrogen-bond donors (Lipinski definition) is 0. The normalized spacial score (nSPS) is 12.6. The molecule has 2 aromatic heterocycles. The van der Waals surface area contributed by atoms with Crippen molar-refractivity contribution >= 4 is 38.9 Å². The van der Waals surface area contributed by atoms with Crippen LogP contribution in [0.15, 0.2) is 224 Å². The summed E-state index contributed by atoms with van der Waals surface area (Å²) in [6.07, 6.45) is 0. The first-order valence-electron chi connectivity index (χ1n) is 22.2. The average molecular weight is 834 g/mol. The number of rotatable bonds is 8. The zero-order valence-corrected chi connectivity index (χ0v) is 36.1. The van der Waals surface area contributed by atoms with Crippen molar-refractivity contribution in [2.24, 2.45) is 0 Å². The lowest BCUT2D eigenvalue weighted by molar-refractivity contribution is 0.660. The third-order valence-electron chi connectivity index (χ3n) is 13.1. The molecule has 12 rings (SSSR count). The lowest BCUT2D eigenvalue weighted by Crippen LogP contribution is -2.15. The van der Waals surface area contributed by atoms with Crippen molar-refractivity contribution in [3.63, 3.8) is 0 Å². The second-order valence-corrected chi connectivity index (χ2v) is 17.3. The van der Waals surface area contributed by atoms with E-state index < -0.39 is 0 Å². The largest absolute Gasteiger partial charge is 0.311 e. The van der Waals surface area contributed by atoms with Gasteiger partial charge in [-0.1, -0.05) is 166 Å². The minimum absolute atomic E-state index is 0.141. The van der Waals surface area contributed by atoms with Crippen LogP contribution in [-0.2, 0) is 5.41 Å². The molecule has 2 heterocycles. The zero-order valence-electron chi connectivity index (χ0n) is 36.1. The van der Waals surface area contributed by atoms with Gasteiger partial charge in [-0.05, 0) is 101 Å². The van der Waals surface area contributed by atoms with Gasteiger partial charge in [0.1, 0.15) is 0 Å². The summed E-state index contributed by atoms with van der Waals surface area (Å²) in [4.78, 5) is 17.7. The molecule has 0 spiro atoms. The highest BCUT2D eigenvalue weighted by Crippen LogP contribution is 2.49. The number of nitrogens with zero attached hydrogens (tertiary/aromatic N) is 5. The highest BCUT2D eigenvalue weighted by atomic mass is 15.1. The van der Waals surface area contributed by atoms with Crippen LogP contribution in [0.5, 0.6) is 0 Å². The molecule has 0 atom stereocenters. The molecule has 308 valence electrons. The lowest BCUT2D eigenvalue weighted by Gasteiger charge is -2.25. The Morgan fingerprint density at radius 3 is 1.55 bits per heavy atom. The fourth-order valence-electron chi connectivity index (χ4n) is 9.86. The molecule has 1 aliphatic carbocycles. The third-order valence-corrected chi connectivity index (χ3v) is 13.1. The predicted molar refractivity (Wildman–Crippen MR) is 268 cm³/mol. The van der Waals surface area contributed by atoms with Crippen molar-refractivity contribution in [3.05, 3.63) is 236 Å². The van der Waals surface area contributed by atoms with Crippen LogP contribution < -0.4 is 4.90 Å². The summed E-state index contributed by atoms with van der Waals surface area (Å²) in [6, 6.07) is 79.7. The Bertz CT molecular complexity index is 3500. The van der Waals surface area contributed by atoms with Crippen molar-refractivity contribution in [3.8, 4) is 62.1 Å². The van der Waals surface area contributed by atoms with Gasteiger partial charge in [0.15, 0.2) is 17.5 Å². The molecule has 0 amide bonds. The van der Waals surface area contributed by atoms with Crippen LogP contribution in [0, 0.1) is 0 Å². The molecule has 1 aliphatic rings. The molecule has 0 aliphatic heterocycles. The van der Waals surface area contributed by atoms with Gasteiger partial charge < -0.3 is 9.47 Å². The summed E-state index contributed by atoms with van der Waals surface area (Å²) in [5.41, 5.74) is 16.9. The van der Waals surface area contributed by atoms with E-state index in [1.807, 2.05) is 18.2 Å². The van der Waals surface area contributed by atoms with Gasteiger partial charge in [-0.15, -0.1) is 0 Å². The van der Waals surface area contributed by atoms with Crippen LogP contribution >= 0.6 is 0 Å². The molecule has 0 N–H and O–H groups in total. The molecular formula is C60H43N5. The Morgan fingerprint density at radius 2 is 0.862 bits per heavy atom. The lowest BCUT2D eigenvalue weighted by atomic mass is 9.82. The van der Waals surface area contributed by atoms with Crippen LogP contribution in [0.25, 0.3) is 83.9 Å². The Kier molecular flexibility index (Phi) is 9.09. The highest BCUT2D eigenvalue weighted by molar-refractivity contribution is 6.13. The fraction of sp³-hybridized carbons (Fsp3) is 0.0500. The number of benzene rings is 9. The summed E-state index contributed by atoms with van der Waals surface area (Å²) in [5.74, 6) is 1.93. The summed E-state index contributed by atoms with van der Waals surface area (Å²) < 4.78 is 2.40. The molecule has 5 heteroatoms. The predicted octanol–water partition coefficient (Wildman–Crippen LogP) is 15.4. The first-order valence-corrected chi connectivity index (χ1v) is 22.2. The van der Waals surface area contributed by atoms with Gasteiger partial charge in [-0.3, -0.25) is 0 Å². The van der Waals surface area contributed by atoms with Gasteiger partial charge in [0.05, 0.1) is 11.0 Å². The summed E-state index contributed by atoms with van der Waals surface area (Å²) >= 11 is 0. The van der Waals surface area contributed by atoms with E-state index in [1.54, 1.807) is 0 Å². The van der Waals surface area contributed by atoms with Crippen molar-refractivity contribution in [2.45, 2.75) is 19.3 Å². The second kappa shape index (κ2) is 15.4. The molecule has 0 radical (unpaired) electrons. The van der Waals surface area contributed by atoms with Crippen molar-refractivity contribution in [2.75, 3.05) is 4.90 Å². The van der Waals surface area contributed by atoms with Gasteiger partial charge in [-0.2, -0.15) is 0 Å². The van der Waals surface area contributed by atoms with E-state index in [4.69, 9.17) is 15.0 Å². The van der Waals surface area contributed by atoms with E-state index in [2.05, 4.69) is 230 Å². The Labute approximate surface area is 378 Å². The molecule has 0 bridgehead atoms. The van der Waals surface area contributed by atoms with Gasteiger partial charge in [-0.25, -0.2) is 15.0 Å². The maximum absolute atomic E-state index is 5.19.